The Bertz CT molecular complexity index is 1390. The summed E-state index contributed by atoms with van der Waals surface area (Å²) >= 11 is 0. The molecule has 0 spiro atoms. The third-order valence-corrected chi connectivity index (χ3v) is 7.10. The number of hydrogen-bond acceptors (Lipinski definition) is 1. The summed E-state index contributed by atoms with van der Waals surface area (Å²) in [4.78, 5) is 4.69. The first-order chi connectivity index (χ1) is 20.1. The van der Waals surface area contributed by atoms with Crippen molar-refractivity contribution < 1.29 is 0 Å². The van der Waals surface area contributed by atoms with Gasteiger partial charge in [0.25, 0.3) is 0 Å². The van der Waals surface area contributed by atoms with Crippen LogP contribution in [-0.2, 0) is 12.8 Å². The summed E-state index contributed by atoms with van der Waals surface area (Å²) in [6, 6.07) is 7.02. The highest BCUT2D eigenvalue weighted by Crippen LogP contribution is 2.28. The first-order valence-electron chi connectivity index (χ1n) is 16.4. The van der Waals surface area contributed by atoms with Gasteiger partial charge in [-0.3, -0.25) is 4.68 Å². The fraction of sp³-hybridized carbons (Fsp3) is 0.525. The Labute approximate surface area is 266 Å². The molecule has 0 aliphatic rings. The third-order valence-electron chi connectivity index (χ3n) is 7.10. The van der Waals surface area contributed by atoms with Gasteiger partial charge in [-0.1, -0.05) is 136 Å². The molecule has 0 fully saturated rings. The molecule has 242 valence electrons. The summed E-state index contributed by atoms with van der Waals surface area (Å²) in [6.07, 6.45) is 9.87. The van der Waals surface area contributed by atoms with Gasteiger partial charge in [0.05, 0.1) is 11.0 Å². The Morgan fingerprint density at radius 1 is 0.953 bits per heavy atom. The van der Waals surface area contributed by atoms with Crippen LogP contribution in [0.15, 0.2) is 65.3 Å². The van der Waals surface area contributed by atoms with Gasteiger partial charge < -0.3 is 0 Å². The maximum absolute atomic E-state index is 4.69. The lowest BCUT2D eigenvalue weighted by molar-refractivity contribution is 0.471. The minimum absolute atomic E-state index is 0.145. The molecule has 0 saturated heterocycles. The minimum atomic E-state index is 0.145. The second-order valence-electron chi connectivity index (χ2n) is 11.8. The van der Waals surface area contributed by atoms with Crippen LogP contribution in [0.2, 0.25) is 0 Å². The average Bonchev–Trinajstić information content (AvgIpc) is 3.23. The van der Waals surface area contributed by atoms with Crippen molar-refractivity contribution in [3.8, 4) is 0 Å². The van der Waals surface area contributed by atoms with Gasteiger partial charge in [-0.15, -0.1) is 0 Å². The molecule has 2 aromatic rings. The number of rotatable bonds is 8. The number of allylic oxidation sites excluding steroid dienone is 6. The monoisotopic (exact) mass is 590 g/mol. The highest BCUT2D eigenvalue weighted by Gasteiger charge is 2.15. The van der Waals surface area contributed by atoms with Crippen molar-refractivity contribution in [3.05, 3.63) is 93.1 Å². The lowest BCUT2D eigenvalue weighted by atomic mass is 9.85. The Kier molecular flexibility index (Phi) is 20.3. The molecule has 0 N–H and O–H groups in total. The molecule has 2 rings (SSSR count). The second kappa shape index (κ2) is 20.8. The van der Waals surface area contributed by atoms with E-state index in [9.17, 15) is 0 Å². The van der Waals surface area contributed by atoms with E-state index in [-0.39, 0.29) is 11.5 Å². The zero-order valence-electron chi connectivity index (χ0n) is 31.1. The molecule has 0 aliphatic heterocycles. The molecule has 43 heavy (non-hydrogen) atoms. The first-order valence-corrected chi connectivity index (χ1v) is 16.4. The van der Waals surface area contributed by atoms with Crippen molar-refractivity contribution in [1.82, 2.24) is 9.36 Å². The SMILES string of the molecule is C=C(C)N=c1/c(=C\C)c(=C)n(C(C)C)n1C(=C)/C=C\C(C)=C(/C)C(C)(C)C.CC.CC.CCCc1cc(C)ccc1CC. The molecular weight excluding hydrogens is 522 g/mol. The van der Waals surface area contributed by atoms with Crippen LogP contribution in [-0.4, -0.2) is 9.36 Å². The first kappa shape index (κ1) is 42.1. The molecule has 0 unspecified atom stereocenters. The van der Waals surface area contributed by atoms with Crippen LogP contribution < -0.4 is 16.1 Å². The maximum Gasteiger partial charge on any atom is 0.161 e. The number of aromatic nitrogens is 2. The van der Waals surface area contributed by atoms with E-state index in [1.807, 2.05) is 52.3 Å². The molecule has 3 nitrogen and oxygen atoms in total. The predicted octanol–water partition coefficient (Wildman–Crippen LogP) is 10.5. The van der Waals surface area contributed by atoms with Gasteiger partial charge >= 0.3 is 0 Å². The predicted molar refractivity (Wildman–Crippen MR) is 198 cm³/mol. The fourth-order valence-corrected chi connectivity index (χ4v) is 4.60. The van der Waals surface area contributed by atoms with E-state index in [1.165, 1.54) is 35.1 Å². The van der Waals surface area contributed by atoms with Crippen LogP contribution in [0.3, 0.4) is 0 Å². The average molecular weight is 590 g/mol. The van der Waals surface area contributed by atoms with Crippen molar-refractivity contribution in [2.24, 2.45) is 10.4 Å². The van der Waals surface area contributed by atoms with Gasteiger partial charge in [0.15, 0.2) is 5.49 Å². The topological polar surface area (TPSA) is 22.2 Å². The molecule has 0 saturated carbocycles. The molecule has 3 heteroatoms. The molecule has 1 aromatic carbocycles. The normalized spacial score (nSPS) is 12.6. The molecule has 0 radical (unpaired) electrons. The molecule has 0 atom stereocenters. The van der Waals surface area contributed by atoms with Crippen LogP contribution in [0.25, 0.3) is 18.4 Å². The van der Waals surface area contributed by atoms with Gasteiger partial charge in [-0.25, -0.2) is 9.67 Å². The van der Waals surface area contributed by atoms with Crippen LogP contribution >= 0.6 is 0 Å². The lowest BCUT2D eigenvalue weighted by Gasteiger charge is -2.21. The van der Waals surface area contributed by atoms with Gasteiger partial charge in [-0.05, 0) is 83.9 Å². The summed E-state index contributed by atoms with van der Waals surface area (Å²) in [5, 5.41) is 1.94. The van der Waals surface area contributed by atoms with Crippen LogP contribution in [0, 0.1) is 12.3 Å². The number of nitrogens with zero attached hydrogens (tertiary/aromatic N) is 3. The molecule has 0 aliphatic carbocycles. The van der Waals surface area contributed by atoms with Gasteiger partial charge in [0, 0.05) is 17.0 Å². The van der Waals surface area contributed by atoms with E-state index < -0.39 is 0 Å². The molecule has 1 aromatic heterocycles. The van der Waals surface area contributed by atoms with Crippen molar-refractivity contribution in [1.29, 1.82) is 0 Å². The summed E-state index contributed by atoms with van der Waals surface area (Å²) in [5.74, 6) is 0. The van der Waals surface area contributed by atoms with E-state index in [1.54, 1.807) is 5.56 Å². The highest BCUT2D eigenvalue weighted by atomic mass is 15.4. The van der Waals surface area contributed by atoms with Crippen LogP contribution in [0.5, 0.6) is 0 Å². The standard InChI is InChI=1S/C24H37N3.C12H18.2C2H6/c1-13-22-21(9)26(17(4)5)27(23(22)25-16(2)3)19(7)15-14-18(6)20(8)24(10,11)12;1-4-6-12-9-10(3)7-8-11(12)5-2;2*1-2/h13-15,17H,2,7,9H2,1,3-6,8,10-12H3;7-9H,4-6H2,1-3H3;2*1-2H3/b15-14-,20-18+,22-13-,25-23?;;;. The highest BCUT2D eigenvalue weighted by molar-refractivity contribution is 5.55. The Morgan fingerprint density at radius 3 is 1.93 bits per heavy atom. The van der Waals surface area contributed by atoms with Gasteiger partial charge in [0.2, 0.25) is 0 Å². The van der Waals surface area contributed by atoms with Crippen molar-refractivity contribution in [3.63, 3.8) is 0 Å². The Hall–Kier alpha value is -3.07. The maximum atomic E-state index is 4.69. The second-order valence-corrected chi connectivity index (χ2v) is 11.8. The zero-order chi connectivity index (χ0) is 34.1. The van der Waals surface area contributed by atoms with Crippen molar-refractivity contribution in [2.75, 3.05) is 0 Å². The third kappa shape index (κ3) is 13.0. The Balaban J connectivity index is 0. The van der Waals surface area contributed by atoms with Crippen molar-refractivity contribution >= 4 is 18.4 Å². The van der Waals surface area contributed by atoms with Gasteiger partial charge in [-0.2, -0.15) is 0 Å². The van der Waals surface area contributed by atoms with E-state index in [0.717, 1.165) is 33.9 Å². The summed E-state index contributed by atoms with van der Waals surface area (Å²) < 4.78 is 4.19. The number of aryl methyl sites for hydroxylation is 3. The van der Waals surface area contributed by atoms with Crippen LogP contribution in [0.1, 0.15) is 133 Å². The number of hydrogen-bond donors (Lipinski definition) is 0. The van der Waals surface area contributed by atoms with E-state index in [0.29, 0.717) is 0 Å². The molecule has 0 amide bonds. The Morgan fingerprint density at radius 2 is 1.51 bits per heavy atom. The van der Waals surface area contributed by atoms with Crippen LogP contribution in [0.4, 0.5) is 0 Å². The largest absolute Gasteiger partial charge is 0.277 e. The quantitative estimate of drug-likeness (QED) is 0.273. The smallest absolute Gasteiger partial charge is 0.161 e. The summed E-state index contributed by atoms with van der Waals surface area (Å²) in [7, 11) is 0. The lowest BCUT2D eigenvalue weighted by Crippen LogP contribution is -2.35. The van der Waals surface area contributed by atoms with E-state index >= 15 is 0 Å². The van der Waals surface area contributed by atoms with E-state index in [4.69, 9.17) is 0 Å². The molecule has 0 bridgehead atoms. The number of benzene rings is 1. The van der Waals surface area contributed by atoms with Crippen molar-refractivity contribution in [2.45, 2.75) is 136 Å². The van der Waals surface area contributed by atoms with Gasteiger partial charge in [0.1, 0.15) is 0 Å². The molecule has 1 heterocycles. The minimum Gasteiger partial charge on any atom is -0.277 e. The fourth-order valence-electron chi connectivity index (χ4n) is 4.60. The summed E-state index contributed by atoms with van der Waals surface area (Å²) in [6.45, 7) is 46.4. The molecular formula is C40H67N3. The summed E-state index contributed by atoms with van der Waals surface area (Å²) in [5.41, 5.74) is 9.63. The zero-order valence-corrected chi connectivity index (χ0v) is 31.1. The van der Waals surface area contributed by atoms with E-state index in [2.05, 4.69) is 129 Å².